The lowest BCUT2D eigenvalue weighted by Crippen LogP contribution is -2.23. The maximum atomic E-state index is 10.6. The molecule has 0 saturated heterocycles. The fourth-order valence-corrected chi connectivity index (χ4v) is 2.66. The predicted octanol–water partition coefficient (Wildman–Crippen LogP) is 4.36. The SMILES string of the molecule is CC(O)(c1ccccc1)c1ccc(Br)cc1Cl. The number of aliphatic hydroxyl groups is 1. The van der Waals surface area contributed by atoms with Crippen molar-refractivity contribution in [3.8, 4) is 0 Å². The molecule has 1 nitrogen and oxygen atoms in total. The molecule has 1 atom stereocenters. The van der Waals surface area contributed by atoms with Crippen molar-refractivity contribution in [2.75, 3.05) is 0 Å². The van der Waals surface area contributed by atoms with Crippen LogP contribution in [0, 0.1) is 0 Å². The highest BCUT2D eigenvalue weighted by molar-refractivity contribution is 9.10. The Morgan fingerprint density at radius 2 is 1.76 bits per heavy atom. The van der Waals surface area contributed by atoms with Crippen molar-refractivity contribution in [1.29, 1.82) is 0 Å². The van der Waals surface area contributed by atoms with Crippen LogP contribution in [0.5, 0.6) is 0 Å². The Hall–Kier alpha value is -0.830. The van der Waals surface area contributed by atoms with Crippen LogP contribution in [-0.4, -0.2) is 5.11 Å². The second kappa shape index (κ2) is 4.81. The Labute approximate surface area is 114 Å². The van der Waals surface area contributed by atoms with E-state index in [2.05, 4.69) is 15.9 Å². The number of benzene rings is 2. The van der Waals surface area contributed by atoms with Crippen molar-refractivity contribution in [3.63, 3.8) is 0 Å². The van der Waals surface area contributed by atoms with E-state index in [0.717, 1.165) is 10.0 Å². The van der Waals surface area contributed by atoms with Crippen molar-refractivity contribution in [2.24, 2.45) is 0 Å². The van der Waals surface area contributed by atoms with Crippen LogP contribution >= 0.6 is 27.5 Å². The molecule has 2 rings (SSSR count). The summed E-state index contributed by atoms with van der Waals surface area (Å²) in [5.41, 5.74) is 0.441. The van der Waals surface area contributed by atoms with E-state index in [1.165, 1.54) is 0 Å². The Kier molecular flexibility index (Phi) is 3.57. The van der Waals surface area contributed by atoms with Gasteiger partial charge in [-0.05, 0) is 24.6 Å². The first-order valence-corrected chi connectivity index (χ1v) is 6.42. The van der Waals surface area contributed by atoms with E-state index < -0.39 is 5.60 Å². The number of hydrogen-bond acceptors (Lipinski definition) is 1. The van der Waals surface area contributed by atoms with E-state index in [-0.39, 0.29) is 0 Å². The molecule has 0 aliphatic rings. The molecule has 0 aliphatic heterocycles. The summed E-state index contributed by atoms with van der Waals surface area (Å²) in [5, 5.41) is 11.2. The smallest absolute Gasteiger partial charge is 0.113 e. The second-order valence-corrected chi connectivity index (χ2v) is 5.39. The molecular weight excluding hydrogens is 300 g/mol. The van der Waals surface area contributed by atoms with Crippen molar-refractivity contribution in [2.45, 2.75) is 12.5 Å². The Bertz CT molecular complexity index is 523. The molecule has 0 aromatic heterocycles. The lowest BCUT2D eigenvalue weighted by Gasteiger charge is -2.25. The second-order valence-electron chi connectivity index (χ2n) is 4.06. The van der Waals surface area contributed by atoms with Gasteiger partial charge < -0.3 is 5.11 Å². The summed E-state index contributed by atoms with van der Waals surface area (Å²) in [6.45, 7) is 1.75. The van der Waals surface area contributed by atoms with Crippen molar-refractivity contribution >= 4 is 27.5 Å². The van der Waals surface area contributed by atoms with Crippen LogP contribution in [0.15, 0.2) is 53.0 Å². The molecule has 1 unspecified atom stereocenters. The average molecular weight is 312 g/mol. The molecule has 2 aromatic rings. The van der Waals surface area contributed by atoms with Crippen LogP contribution in [0.1, 0.15) is 18.1 Å². The van der Waals surface area contributed by atoms with Crippen molar-refractivity contribution in [1.82, 2.24) is 0 Å². The highest BCUT2D eigenvalue weighted by Gasteiger charge is 2.27. The summed E-state index contributed by atoms with van der Waals surface area (Å²) in [7, 11) is 0. The van der Waals surface area contributed by atoms with Gasteiger partial charge in [0, 0.05) is 15.1 Å². The minimum atomic E-state index is -1.08. The molecular formula is C14H12BrClO. The van der Waals surface area contributed by atoms with Gasteiger partial charge in [0.25, 0.3) is 0 Å². The monoisotopic (exact) mass is 310 g/mol. The van der Waals surface area contributed by atoms with Gasteiger partial charge in [0.1, 0.15) is 5.60 Å². The Morgan fingerprint density at radius 3 is 2.35 bits per heavy atom. The fraction of sp³-hybridized carbons (Fsp3) is 0.143. The molecule has 17 heavy (non-hydrogen) atoms. The first-order valence-electron chi connectivity index (χ1n) is 5.25. The molecule has 0 radical (unpaired) electrons. The third-order valence-electron chi connectivity index (χ3n) is 2.79. The van der Waals surface area contributed by atoms with E-state index in [1.807, 2.05) is 42.5 Å². The molecule has 0 heterocycles. The topological polar surface area (TPSA) is 20.2 Å². The zero-order valence-corrected chi connectivity index (χ0v) is 11.7. The molecule has 0 fully saturated rings. The quantitative estimate of drug-likeness (QED) is 0.874. The first kappa shape index (κ1) is 12.6. The lowest BCUT2D eigenvalue weighted by molar-refractivity contribution is 0.102. The van der Waals surface area contributed by atoms with E-state index in [0.29, 0.717) is 10.6 Å². The van der Waals surface area contributed by atoms with Gasteiger partial charge in [0.05, 0.1) is 0 Å². The average Bonchev–Trinajstić information content (AvgIpc) is 2.29. The van der Waals surface area contributed by atoms with Crippen LogP contribution in [-0.2, 0) is 5.60 Å². The summed E-state index contributed by atoms with van der Waals surface area (Å²) >= 11 is 9.53. The van der Waals surface area contributed by atoms with E-state index in [4.69, 9.17) is 11.6 Å². The van der Waals surface area contributed by atoms with Crippen LogP contribution in [0.2, 0.25) is 5.02 Å². The third-order valence-corrected chi connectivity index (χ3v) is 3.60. The van der Waals surface area contributed by atoms with Gasteiger partial charge in [-0.2, -0.15) is 0 Å². The summed E-state index contributed by atoms with van der Waals surface area (Å²) < 4.78 is 0.898. The summed E-state index contributed by atoms with van der Waals surface area (Å²) in [5.74, 6) is 0. The molecule has 0 saturated carbocycles. The normalized spacial score (nSPS) is 14.4. The summed E-state index contributed by atoms with van der Waals surface area (Å²) in [6.07, 6.45) is 0. The van der Waals surface area contributed by atoms with Crippen LogP contribution < -0.4 is 0 Å². The molecule has 1 N–H and O–H groups in total. The Morgan fingerprint density at radius 1 is 1.12 bits per heavy atom. The van der Waals surface area contributed by atoms with Gasteiger partial charge in [0.15, 0.2) is 0 Å². The highest BCUT2D eigenvalue weighted by atomic mass is 79.9. The maximum Gasteiger partial charge on any atom is 0.113 e. The number of hydrogen-bond donors (Lipinski definition) is 1. The maximum absolute atomic E-state index is 10.6. The Balaban J connectivity index is 2.52. The van der Waals surface area contributed by atoms with Crippen LogP contribution in [0.25, 0.3) is 0 Å². The molecule has 2 aromatic carbocycles. The molecule has 0 bridgehead atoms. The van der Waals surface area contributed by atoms with Crippen molar-refractivity contribution < 1.29 is 5.11 Å². The van der Waals surface area contributed by atoms with Gasteiger partial charge >= 0.3 is 0 Å². The van der Waals surface area contributed by atoms with Gasteiger partial charge in [-0.25, -0.2) is 0 Å². The fourth-order valence-electron chi connectivity index (χ4n) is 1.80. The molecule has 88 valence electrons. The van der Waals surface area contributed by atoms with E-state index in [1.54, 1.807) is 13.0 Å². The largest absolute Gasteiger partial charge is 0.381 e. The molecule has 3 heteroatoms. The van der Waals surface area contributed by atoms with Crippen LogP contribution in [0.4, 0.5) is 0 Å². The van der Waals surface area contributed by atoms with Crippen molar-refractivity contribution in [3.05, 3.63) is 69.2 Å². The van der Waals surface area contributed by atoms with Gasteiger partial charge in [-0.3, -0.25) is 0 Å². The van der Waals surface area contributed by atoms with Gasteiger partial charge in [-0.1, -0.05) is 63.9 Å². The van der Waals surface area contributed by atoms with Gasteiger partial charge in [-0.15, -0.1) is 0 Å². The first-order chi connectivity index (χ1) is 8.01. The van der Waals surface area contributed by atoms with Crippen LogP contribution in [0.3, 0.4) is 0 Å². The summed E-state index contributed by atoms with van der Waals surface area (Å²) in [6, 6.07) is 15.0. The molecule has 0 spiro atoms. The summed E-state index contributed by atoms with van der Waals surface area (Å²) in [4.78, 5) is 0. The number of rotatable bonds is 2. The van der Waals surface area contributed by atoms with Gasteiger partial charge in [0.2, 0.25) is 0 Å². The standard InChI is InChI=1S/C14H12BrClO/c1-14(17,10-5-3-2-4-6-10)12-8-7-11(15)9-13(12)16/h2-9,17H,1H3. The molecule has 0 aliphatic carbocycles. The molecule has 0 amide bonds. The highest BCUT2D eigenvalue weighted by Crippen LogP contribution is 2.35. The van der Waals surface area contributed by atoms with E-state index in [9.17, 15) is 5.11 Å². The minimum absolute atomic E-state index is 0.549. The predicted molar refractivity (Wildman–Crippen MR) is 74.3 cm³/mol. The number of halogens is 2. The minimum Gasteiger partial charge on any atom is -0.381 e. The third kappa shape index (κ3) is 2.54. The zero-order valence-electron chi connectivity index (χ0n) is 9.32. The lowest BCUT2D eigenvalue weighted by atomic mass is 9.88. The van der Waals surface area contributed by atoms with E-state index >= 15 is 0 Å². The zero-order chi connectivity index (χ0) is 12.5.